The van der Waals surface area contributed by atoms with Crippen LogP contribution in [0.15, 0.2) is 51.8 Å². The van der Waals surface area contributed by atoms with Crippen LogP contribution >= 0.6 is 11.8 Å². The third-order valence-electron chi connectivity index (χ3n) is 4.05. The summed E-state index contributed by atoms with van der Waals surface area (Å²) in [6.07, 6.45) is 13.8. The number of nitrogens with zero attached hydrogens (tertiary/aromatic N) is 1. The van der Waals surface area contributed by atoms with Crippen LogP contribution in [0.3, 0.4) is 0 Å². The van der Waals surface area contributed by atoms with Crippen molar-refractivity contribution in [2.24, 2.45) is 5.14 Å². The van der Waals surface area contributed by atoms with E-state index in [-0.39, 0.29) is 6.01 Å². The van der Waals surface area contributed by atoms with E-state index in [2.05, 4.69) is 56.2 Å². The maximum absolute atomic E-state index is 11.7. The van der Waals surface area contributed by atoms with Gasteiger partial charge in [-0.1, -0.05) is 34.9 Å². The number of sulfonamides is 1. The van der Waals surface area contributed by atoms with Crippen molar-refractivity contribution in [3.05, 3.63) is 47.4 Å². The lowest BCUT2D eigenvalue weighted by atomic mass is 10.1. The molecule has 0 aromatic carbocycles. The summed E-state index contributed by atoms with van der Waals surface area (Å²) in [5.74, 6) is 1.04. The second-order valence-corrected chi connectivity index (χ2v) is 9.88. The molecule has 0 saturated carbocycles. The predicted octanol–water partition coefficient (Wildman–Crippen LogP) is 4.85. The van der Waals surface area contributed by atoms with E-state index >= 15 is 0 Å². The Morgan fingerprint density at radius 2 is 1.82 bits per heavy atom. The highest BCUT2D eigenvalue weighted by atomic mass is 32.2. The van der Waals surface area contributed by atoms with Gasteiger partial charge in [0, 0.05) is 11.5 Å². The van der Waals surface area contributed by atoms with E-state index in [1.165, 1.54) is 40.9 Å². The summed E-state index contributed by atoms with van der Waals surface area (Å²) in [6.45, 7) is 8.54. The van der Waals surface area contributed by atoms with E-state index in [0.717, 1.165) is 31.4 Å². The van der Waals surface area contributed by atoms with Crippen molar-refractivity contribution in [1.29, 1.82) is 0 Å². The van der Waals surface area contributed by atoms with Crippen molar-refractivity contribution in [2.75, 3.05) is 16.8 Å². The summed E-state index contributed by atoms with van der Waals surface area (Å²) in [4.78, 5) is 3.87. The molecule has 0 aliphatic rings. The SMILES string of the molecule is CC(C)=CCC/C(C)=C/CC/C(C)=C/CSCC(Nc1ncco1)S(N)(=O)=O. The molecule has 1 aromatic rings. The van der Waals surface area contributed by atoms with E-state index in [0.29, 0.717) is 5.75 Å². The number of hydrogen-bond donors (Lipinski definition) is 2. The number of nitrogens with one attached hydrogen (secondary N) is 1. The zero-order chi connectivity index (χ0) is 21.0. The van der Waals surface area contributed by atoms with Crippen LogP contribution in [0.5, 0.6) is 0 Å². The molecular weight excluding hydrogens is 394 g/mol. The second kappa shape index (κ2) is 12.9. The van der Waals surface area contributed by atoms with E-state index in [9.17, 15) is 8.42 Å². The molecule has 1 rings (SSSR count). The minimum Gasteiger partial charge on any atom is -0.432 e. The lowest BCUT2D eigenvalue weighted by molar-refractivity contribution is 0.561. The molecule has 158 valence electrons. The smallest absolute Gasteiger partial charge is 0.295 e. The summed E-state index contributed by atoms with van der Waals surface area (Å²) in [7, 11) is -3.74. The van der Waals surface area contributed by atoms with Gasteiger partial charge >= 0.3 is 0 Å². The molecule has 0 bridgehead atoms. The fourth-order valence-electron chi connectivity index (χ4n) is 2.37. The number of aromatic nitrogens is 1. The number of thioether (sulfide) groups is 1. The number of anilines is 1. The van der Waals surface area contributed by atoms with Crippen LogP contribution in [0.4, 0.5) is 6.01 Å². The van der Waals surface area contributed by atoms with Crippen molar-refractivity contribution in [3.63, 3.8) is 0 Å². The molecule has 0 aliphatic heterocycles. The molecule has 0 saturated heterocycles. The Balaban J connectivity index is 2.35. The lowest BCUT2D eigenvalue weighted by Gasteiger charge is -2.14. The normalized spacial score (nSPS) is 14.0. The van der Waals surface area contributed by atoms with Gasteiger partial charge in [-0.2, -0.15) is 11.8 Å². The quantitative estimate of drug-likeness (QED) is 0.345. The van der Waals surface area contributed by atoms with Crippen molar-refractivity contribution in [3.8, 4) is 0 Å². The van der Waals surface area contributed by atoms with E-state index < -0.39 is 15.4 Å². The zero-order valence-electron chi connectivity index (χ0n) is 17.3. The van der Waals surface area contributed by atoms with Gasteiger partial charge < -0.3 is 9.73 Å². The van der Waals surface area contributed by atoms with Gasteiger partial charge in [-0.25, -0.2) is 18.5 Å². The minimum absolute atomic E-state index is 0.151. The summed E-state index contributed by atoms with van der Waals surface area (Å²) in [6, 6.07) is 0.151. The van der Waals surface area contributed by atoms with Gasteiger partial charge in [0.2, 0.25) is 10.0 Å². The maximum Gasteiger partial charge on any atom is 0.295 e. The summed E-state index contributed by atoms with van der Waals surface area (Å²) in [5, 5.41) is 7.06. The van der Waals surface area contributed by atoms with Gasteiger partial charge in [-0.15, -0.1) is 0 Å². The molecule has 1 aromatic heterocycles. The average molecular weight is 428 g/mol. The molecule has 28 heavy (non-hydrogen) atoms. The summed E-state index contributed by atoms with van der Waals surface area (Å²) in [5.41, 5.74) is 4.09. The van der Waals surface area contributed by atoms with Gasteiger partial charge in [-0.05, 0) is 53.4 Å². The third kappa shape index (κ3) is 11.4. The first-order valence-electron chi connectivity index (χ1n) is 9.38. The van der Waals surface area contributed by atoms with Crippen molar-refractivity contribution >= 4 is 27.8 Å². The van der Waals surface area contributed by atoms with Gasteiger partial charge in [0.25, 0.3) is 6.01 Å². The molecule has 8 heteroatoms. The Labute approximate surface area is 173 Å². The number of hydrogen-bond acceptors (Lipinski definition) is 6. The van der Waals surface area contributed by atoms with Crippen LogP contribution in [0.1, 0.15) is 53.4 Å². The van der Waals surface area contributed by atoms with Gasteiger partial charge in [0.05, 0.1) is 6.20 Å². The largest absolute Gasteiger partial charge is 0.432 e. The highest BCUT2D eigenvalue weighted by Gasteiger charge is 2.22. The number of rotatable bonds is 13. The fourth-order valence-corrected chi connectivity index (χ4v) is 4.51. The van der Waals surface area contributed by atoms with Crippen molar-refractivity contribution in [2.45, 2.75) is 58.8 Å². The Bertz CT molecular complexity index is 763. The standard InChI is InChI=1S/C20H33N3O3S2/c1-16(2)7-5-8-17(3)9-6-10-18(4)11-14-27-15-19(28(21,24)25)23-20-22-12-13-26-20/h7,9,11-13,19H,5-6,8,10,14-15H2,1-4H3,(H,22,23)(H2,21,24,25)/b17-9+,18-11+. The summed E-state index contributed by atoms with van der Waals surface area (Å²) < 4.78 is 28.5. The second-order valence-electron chi connectivity index (χ2n) is 7.06. The Morgan fingerprint density at radius 1 is 1.18 bits per heavy atom. The number of nitrogens with two attached hydrogens (primary N) is 1. The number of primary sulfonamides is 1. The van der Waals surface area contributed by atoms with Crippen LogP contribution in [0.25, 0.3) is 0 Å². The lowest BCUT2D eigenvalue weighted by Crippen LogP contribution is -2.37. The van der Waals surface area contributed by atoms with E-state index in [1.54, 1.807) is 0 Å². The molecule has 3 N–H and O–H groups in total. The maximum atomic E-state index is 11.7. The zero-order valence-corrected chi connectivity index (χ0v) is 18.9. The van der Waals surface area contributed by atoms with Crippen LogP contribution in [-0.4, -0.2) is 30.3 Å². The Hall–Kier alpha value is -1.51. The average Bonchev–Trinajstić information content (AvgIpc) is 3.09. The van der Waals surface area contributed by atoms with Gasteiger partial charge in [0.15, 0.2) is 5.37 Å². The third-order valence-corrected chi connectivity index (χ3v) is 6.32. The topological polar surface area (TPSA) is 98.2 Å². The highest BCUT2D eigenvalue weighted by Crippen LogP contribution is 2.15. The van der Waals surface area contributed by atoms with Crippen LogP contribution in [0, 0.1) is 0 Å². The molecule has 1 atom stereocenters. The first-order valence-corrected chi connectivity index (χ1v) is 12.1. The van der Waals surface area contributed by atoms with Gasteiger partial charge in [0.1, 0.15) is 6.26 Å². The first kappa shape index (κ1) is 24.5. The molecule has 0 radical (unpaired) electrons. The molecule has 0 fully saturated rings. The van der Waals surface area contributed by atoms with Crippen LogP contribution in [0.2, 0.25) is 0 Å². The van der Waals surface area contributed by atoms with Crippen LogP contribution < -0.4 is 10.5 Å². The predicted molar refractivity (Wildman–Crippen MR) is 120 cm³/mol. The molecule has 0 aliphatic carbocycles. The summed E-state index contributed by atoms with van der Waals surface area (Å²) >= 11 is 1.50. The van der Waals surface area contributed by atoms with Crippen molar-refractivity contribution < 1.29 is 12.8 Å². The Kier molecular flexibility index (Phi) is 11.3. The molecule has 0 amide bonds. The van der Waals surface area contributed by atoms with Crippen LogP contribution in [-0.2, 0) is 10.0 Å². The molecule has 6 nitrogen and oxygen atoms in total. The number of oxazole rings is 1. The molecule has 0 spiro atoms. The fraction of sp³-hybridized carbons (Fsp3) is 0.550. The van der Waals surface area contributed by atoms with E-state index in [1.807, 2.05) is 0 Å². The molecular formula is C20H33N3O3S2. The molecule has 1 unspecified atom stereocenters. The monoisotopic (exact) mass is 427 g/mol. The minimum atomic E-state index is -3.74. The highest BCUT2D eigenvalue weighted by molar-refractivity contribution is 8.00. The van der Waals surface area contributed by atoms with Crippen molar-refractivity contribution in [1.82, 2.24) is 4.98 Å². The first-order chi connectivity index (χ1) is 13.2. The molecule has 1 heterocycles. The van der Waals surface area contributed by atoms with E-state index in [4.69, 9.17) is 9.56 Å². The Morgan fingerprint density at radius 3 is 2.39 bits per heavy atom. The van der Waals surface area contributed by atoms with Gasteiger partial charge in [-0.3, -0.25) is 0 Å². The number of allylic oxidation sites excluding steroid dienone is 5.